The molecule has 16 heavy (non-hydrogen) atoms. The Morgan fingerprint density at radius 2 is 2.25 bits per heavy atom. The van der Waals surface area contributed by atoms with Crippen LogP contribution in [0.1, 0.15) is 11.3 Å². The summed E-state index contributed by atoms with van der Waals surface area (Å²) in [5.41, 5.74) is 1.39. The van der Waals surface area contributed by atoms with Crippen LogP contribution in [0.5, 0.6) is 11.8 Å². The second-order valence-electron chi connectivity index (χ2n) is 3.34. The van der Waals surface area contributed by atoms with Gasteiger partial charge in [0.15, 0.2) is 0 Å². The van der Waals surface area contributed by atoms with E-state index < -0.39 is 0 Å². The SMILES string of the molecule is Cc1cc(Oc2cc(C#N)ccn2)n(C)n1. The van der Waals surface area contributed by atoms with E-state index in [0.717, 1.165) is 5.69 Å². The number of nitrogens with zero attached hydrogens (tertiary/aromatic N) is 4. The topological polar surface area (TPSA) is 63.7 Å². The molecule has 0 fully saturated rings. The van der Waals surface area contributed by atoms with Crippen LogP contribution in [0.3, 0.4) is 0 Å². The lowest BCUT2D eigenvalue weighted by molar-refractivity contribution is 0.415. The Bertz CT molecular complexity index is 553. The molecule has 2 aromatic heterocycles. The number of aryl methyl sites for hydroxylation is 2. The summed E-state index contributed by atoms with van der Waals surface area (Å²) in [4.78, 5) is 4.02. The third-order valence-electron chi connectivity index (χ3n) is 2.03. The van der Waals surface area contributed by atoms with Crippen molar-refractivity contribution in [1.29, 1.82) is 5.26 Å². The highest BCUT2D eigenvalue weighted by Gasteiger charge is 2.05. The van der Waals surface area contributed by atoms with Gasteiger partial charge in [-0.3, -0.25) is 0 Å². The molecule has 0 N–H and O–H groups in total. The van der Waals surface area contributed by atoms with Gasteiger partial charge in [-0.05, 0) is 13.0 Å². The van der Waals surface area contributed by atoms with Gasteiger partial charge in [-0.2, -0.15) is 10.4 Å². The minimum absolute atomic E-state index is 0.391. The summed E-state index contributed by atoms with van der Waals surface area (Å²) in [6, 6.07) is 7.05. The maximum absolute atomic E-state index is 8.74. The highest BCUT2D eigenvalue weighted by atomic mass is 16.5. The molecule has 0 spiro atoms. The number of hydrogen-bond donors (Lipinski definition) is 0. The van der Waals surface area contributed by atoms with Gasteiger partial charge in [-0.25, -0.2) is 9.67 Å². The van der Waals surface area contributed by atoms with Crippen molar-refractivity contribution in [2.24, 2.45) is 7.05 Å². The van der Waals surface area contributed by atoms with Crippen LogP contribution in [0.4, 0.5) is 0 Å². The summed E-state index contributed by atoms with van der Waals surface area (Å²) in [5.74, 6) is 0.988. The maximum atomic E-state index is 8.74. The Labute approximate surface area is 92.9 Å². The lowest BCUT2D eigenvalue weighted by Gasteiger charge is -2.03. The summed E-state index contributed by atoms with van der Waals surface area (Å²) in [7, 11) is 1.79. The fourth-order valence-corrected chi connectivity index (χ4v) is 1.32. The number of aromatic nitrogens is 3. The normalized spacial score (nSPS) is 9.81. The Balaban J connectivity index is 2.27. The van der Waals surface area contributed by atoms with Gasteiger partial charge in [0.25, 0.3) is 0 Å². The second-order valence-corrected chi connectivity index (χ2v) is 3.34. The number of ether oxygens (including phenoxy) is 1. The molecule has 0 unspecified atom stereocenters. The summed E-state index contributed by atoms with van der Waals surface area (Å²) < 4.78 is 7.13. The molecule has 0 aliphatic rings. The van der Waals surface area contributed by atoms with Gasteiger partial charge < -0.3 is 4.74 Å². The van der Waals surface area contributed by atoms with E-state index in [1.54, 1.807) is 29.9 Å². The smallest absolute Gasteiger partial charge is 0.222 e. The molecular formula is C11H10N4O. The van der Waals surface area contributed by atoms with E-state index in [1.165, 1.54) is 6.20 Å². The number of pyridine rings is 1. The highest BCUT2D eigenvalue weighted by Crippen LogP contribution is 2.19. The van der Waals surface area contributed by atoms with Crippen LogP contribution in [0.2, 0.25) is 0 Å². The van der Waals surface area contributed by atoms with Gasteiger partial charge in [-0.1, -0.05) is 0 Å². The molecule has 0 radical (unpaired) electrons. The Morgan fingerprint density at radius 3 is 2.88 bits per heavy atom. The average Bonchev–Trinajstić information content (AvgIpc) is 2.58. The molecule has 0 bridgehead atoms. The number of hydrogen-bond acceptors (Lipinski definition) is 4. The second kappa shape index (κ2) is 4.03. The first-order valence-electron chi connectivity index (χ1n) is 4.73. The Morgan fingerprint density at radius 1 is 1.44 bits per heavy atom. The van der Waals surface area contributed by atoms with Crippen LogP contribution in [-0.2, 0) is 7.05 Å². The zero-order valence-corrected chi connectivity index (χ0v) is 9.01. The molecule has 0 saturated heterocycles. The van der Waals surface area contributed by atoms with Crippen LogP contribution in [0.25, 0.3) is 0 Å². The van der Waals surface area contributed by atoms with E-state index in [9.17, 15) is 0 Å². The fourth-order valence-electron chi connectivity index (χ4n) is 1.32. The van der Waals surface area contributed by atoms with E-state index in [1.807, 2.05) is 13.0 Å². The lowest BCUT2D eigenvalue weighted by atomic mass is 10.3. The quantitative estimate of drug-likeness (QED) is 0.764. The van der Waals surface area contributed by atoms with Crippen molar-refractivity contribution in [3.63, 3.8) is 0 Å². The van der Waals surface area contributed by atoms with Crippen molar-refractivity contribution in [1.82, 2.24) is 14.8 Å². The lowest BCUT2D eigenvalue weighted by Crippen LogP contribution is -1.96. The van der Waals surface area contributed by atoms with Crippen molar-refractivity contribution in [2.45, 2.75) is 6.92 Å². The predicted molar refractivity (Wildman–Crippen MR) is 57.0 cm³/mol. The molecule has 2 rings (SSSR count). The zero-order chi connectivity index (χ0) is 11.5. The zero-order valence-electron chi connectivity index (χ0n) is 9.01. The van der Waals surface area contributed by atoms with Crippen molar-refractivity contribution in [3.05, 3.63) is 35.7 Å². The largest absolute Gasteiger partial charge is 0.421 e. The van der Waals surface area contributed by atoms with Gasteiger partial charge in [-0.15, -0.1) is 0 Å². The van der Waals surface area contributed by atoms with Crippen molar-refractivity contribution >= 4 is 0 Å². The van der Waals surface area contributed by atoms with Crippen LogP contribution in [0, 0.1) is 18.3 Å². The minimum atomic E-state index is 0.391. The van der Waals surface area contributed by atoms with E-state index in [4.69, 9.17) is 10.00 Å². The fraction of sp³-hybridized carbons (Fsp3) is 0.182. The maximum Gasteiger partial charge on any atom is 0.222 e. The molecule has 2 heterocycles. The van der Waals surface area contributed by atoms with E-state index in [2.05, 4.69) is 10.1 Å². The van der Waals surface area contributed by atoms with Crippen molar-refractivity contribution < 1.29 is 4.74 Å². The Kier molecular flexibility index (Phi) is 2.56. The van der Waals surface area contributed by atoms with Gasteiger partial charge >= 0.3 is 0 Å². The van der Waals surface area contributed by atoms with Crippen LogP contribution >= 0.6 is 0 Å². The summed E-state index contributed by atoms with van der Waals surface area (Å²) in [6.07, 6.45) is 1.54. The predicted octanol–water partition coefficient (Wildman–Crippen LogP) is 1.79. The summed E-state index contributed by atoms with van der Waals surface area (Å²) >= 11 is 0. The summed E-state index contributed by atoms with van der Waals surface area (Å²) in [5, 5.41) is 12.9. The third-order valence-corrected chi connectivity index (χ3v) is 2.03. The van der Waals surface area contributed by atoms with Crippen LogP contribution < -0.4 is 4.74 Å². The first kappa shape index (κ1) is 10.2. The van der Waals surface area contributed by atoms with Gasteiger partial charge in [0, 0.05) is 25.4 Å². The summed E-state index contributed by atoms with van der Waals surface area (Å²) in [6.45, 7) is 1.88. The van der Waals surface area contributed by atoms with Gasteiger partial charge in [0.05, 0.1) is 17.3 Å². The number of nitriles is 1. The molecule has 0 aliphatic heterocycles. The molecule has 0 amide bonds. The van der Waals surface area contributed by atoms with Crippen molar-refractivity contribution in [2.75, 3.05) is 0 Å². The molecule has 80 valence electrons. The molecule has 0 saturated carbocycles. The monoisotopic (exact) mass is 214 g/mol. The first-order chi connectivity index (χ1) is 7.69. The van der Waals surface area contributed by atoms with E-state index in [-0.39, 0.29) is 0 Å². The molecule has 0 aliphatic carbocycles. The Hall–Kier alpha value is -2.35. The van der Waals surface area contributed by atoms with E-state index in [0.29, 0.717) is 17.3 Å². The molecule has 0 atom stereocenters. The van der Waals surface area contributed by atoms with Gasteiger partial charge in [0.2, 0.25) is 11.8 Å². The van der Waals surface area contributed by atoms with Gasteiger partial charge in [0.1, 0.15) is 0 Å². The molecule has 5 nitrogen and oxygen atoms in total. The van der Waals surface area contributed by atoms with E-state index >= 15 is 0 Å². The molecular weight excluding hydrogens is 204 g/mol. The molecule has 0 aromatic carbocycles. The number of rotatable bonds is 2. The highest BCUT2D eigenvalue weighted by molar-refractivity contribution is 5.32. The van der Waals surface area contributed by atoms with Crippen LogP contribution in [0.15, 0.2) is 24.4 Å². The van der Waals surface area contributed by atoms with Crippen LogP contribution in [-0.4, -0.2) is 14.8 Å². The molecule has 2 aromatic rings. The standard InChI is InChI=1S/C11H10N4O/c1-8-5-11(15(2)14-8)16-10-6-9(7-12)3-4-13-10/h3-6H,1-2H3. The minimum Gasteiger partial charge on any atom is -0.421 e. The molecule has 5 heteroatoms. The first-order valence-corrected chi connectivity index (χ1v) is 4.73. The van der Waals surface area contributed by atoms with Crippen molar-refractivity contribution in [3.8, 4) is 17.8 Å². The third kappa shape index (κ3) is 2.01. The average molecular weight is 214 g/mol.